The predicted octanol–water partition coefficient (Wildman–Crippen LogP) is 2.67. The molecule has 1 nitrogen and oxygen atoms in total. The van der Waals surface area contributed by atoms with Gasteiger partial charge in [-0.25, -0.2) is 0 Å². The molecule has 1 aromatic rings. The lowest BCUT2D eigenvalue weighted by Crippen LogP contribution is -2.51. The molecule has 0 radical (unpaired) electrons. The molecule has 0 N–H and O–H groups in total. The normalized spacial score (nSPS) is 28.5. The van der Waals surface area contributed by atoms with Gasteiger partial charge in [-0.05, 0) is 25.8 Å². The lowest BCUT2D eigenvalue weighted by molar-refractivity contribution is 0.0296. The summed E-state index contributed by atoms with van der Waals surface area (Å²) < 4.78 is 0. The third kappa shape index (κ3) is 1.75. The van der Waals surface area contributed by atoms with Crippen molar-refractivity contribution in [1.82, 2.24) is 4.90 Å². The van der Waals surface area contributed by atoms with E-state index < -0.39 is 0 Å². The predicted molar refractivity (Wildman–Crippen MR) is 55.5 cm³/mol. The number of benzene rings is 1. The van der Waals surface area contributed by atoms with Gasteiger partial charge >= 0.3 is 0 Å². The molecule has 1 aliphatic rings. The Bertz CT molecular complexity index is 260. The van der Waals surface area contributed by atoms with Crippen molar-refractivity contribution in [2.24, 2.45) is 0 Å². The van der Waals surface area contributed by atoms with E-state index in [4.69, 9.17) is 0 Å². The van der Waals surface area contributed by atoms with E-state index in [9.17, 15) is 0 Å². The fourth-order valence-corrected chi connectivity index (χ4v) is 2.17. The van der Waals surface area contributed by atoms with Crippen LogP contribution in [0.15, 0.2) is 30.3 Å². The highest BCUT2D eigenvalue weighted by atomic mass is 15.2. The van der Waals surface area contributed by atoms with Gasteiger partial charge < -0.3 is 0 Å². The minimum atomic E-state index is 0.773. The Balaban J connectivity index is 1.99. The maximum absolute atomic E-state index is 2.55. The van der Waals surface area contributed by atoms with Gasteiger partial charge in [-0.3, -0.25) is 4.90 Å². The third-order valence-electron chi connectivity index (χ3n) is 3.02. The number of rotatable bonds is 2. The second-order valence-electron chi connectivity index (χ2n) is 4.09. The summed E-state index contributed by atoms with van der Waals surface area (Å²) in [5.41, 5.74) is 1.43. The number of hydrogen-bond donors (Lipinski definition) is 0. The lowest BCUT2D eigenvalue weighted by Gasteiger charge is -2.45. The van der Waals surface area contributed by atoms with Gasteiger partial charge in [0.1, 0.15) is 0 Å². The van der Waals surface area contributed by atoms with Crippen LogP contribution in [0.4, 0.5) is 0 Å². The summed E-state index contributed by atoms with van der Waals surface area (Å²) in [7, 11) is 0. The molecule has 0 aromatic heterocycles. The van der Waals surface area contributed by atoms with Crippen LogP contribution >= 0.6 is 0 Å². The number of hydrogen-bond acceptors (Lipinski definition) is 1. The quantitative estimate of drug-likeness (QED) is 0.668. The molecule has 2 atom stereocenters. The monoisotopic (exact) mass is 175 g/mol. The summed E-state index contributed by atoms with van der Waals surface area (Å²) in [6, 6.07) is 12.3. The van der Waals surface area contributed by atoms with Crippen molar-refractivity contribution in [1.29, 1.82) is 0 Å². The van der Waals surface area contributed by atoms with Crippen LogP contribution < -0.4 is 0 Å². The summed E-state index contributed by atoms with van der Waals surface area (Å²) in [5.74, 6) is 0. The van der Waals surface area contributed by atoms with Crippen LogP contribution in [0.5, 0.6) is 0 Å². The Kier molecular flexibility index (Phi) is 2.36. The Morgan fingerprint density at radius 2 is 1.77 bits per heavy atom. The van der Waals surface area contributed by atoms with E-state index in [0.29, 0.717) is 0 Å². The Morgan fingerprint density at radius 3 is 2.31 bits per heavy atom. The fraction of sp³-hybridized carbons (Fsp3) is 0.500. The van der Waals surface area contributed by atoms with E-state index in [1.54, 1.807) is 0 Å². The average molecular weight is 175 g/mol. The largest absolute Gasteiger partial charge is 0.294 e. The third-order valence-corrected chi connectivity index (χ3v) is 3.02. The van der Waals surface area contributed by atoms with Crippen molar-refractivity contribution in [2.75, 3.05) is 0 Å². The molecular weight excluding hydrogens is 158 g/mol. The van der Waals surface area contributed by atoms with Crippen LogP contribution in [0, 0.1) is 0 Å². The molecule has 1 heterocycles. The summed E-state index contributed by atoms with van der Waals surface area (Å²) in [6.45, 7) is 5.73. The van der Waals surface area contributed by atoms with Crippen molar-refractivity contribution in [3.63, 3.8) is 0 Å². The van der Waals surface area contributed by atoms with E-state index in [2.05, 4.69) is 49.1 Å². The van der Waals surface area contributed by atoms with E-state index in [0.717, 1.165) is 18.6 Å². The lowest BCUT2D eigenvalue weighted by atomic mass is 9.95. The SMILES string of the molecule is CC1CC(C)N1Cc1ccccc1. The molecule has 0 bridgehead atoms. The molecule has 0 spiro atoms. The first-order chi connectivity index (χ1) is 6.27. The minimum Gasteiger partial charge on any atom is -0.294 e. The van der Waals surface area contributed by atoms with Gasteiger partial charge in [-0.2, -0.15) is 0 Å². The van der Waals surface area contributed by atoms with Crippen molar-refractivity contribution < 1.29 is 0 Å². The van der Waals surface area contributed by atoms with Crippen LogP contribution in [-0.4, -0.2) is 17.0 Å². The molecule has 13 heavy (non-hydrogen) atoms. The Hall–Kier alpha value is -0.820. The average Bonchev–Trinajstić information content (AvgIpc) is 2.16. The second kappa shape index (κ2) is 3.51. The van der Waals surface area contributed by atoms with Crippen LogP contribution in [0.25, 0.3) is 0 Å². The highest BCUT2D eigenvalue weighted by molar-refractivity contribution is 5.15. The van der Waals surface area contributed by atoms with Crippen LogP contribution in [0.1, 0.15) is 25.8 Å². The molecule has 1 fully saturated rings. The first kappa shape index (κ1) is 8.76. The van der Waals surface area contributed by atoms with Gasteiger partial charge in [-0.15, -0.1) is 0 Å². The molecule has 0 aliphatic carbocycles. The van der Waals surface area contributed by atoms with Gasteiger partial charge in [0.2, 0.25) is 0 Å². The molecule has 0 saturated carbocycles. The van der Waals surface area contributed by atoms with Gasteiger partial charge in [0.15, 0.2) is 0 Å². The van der Waals surface area contributed by atoms with Gasteiger partial charge in [0, 0.05) is 18.6 Å². The molecular formula is C12H17N. The Morgan fingerprint density at radius 1 is 1.15 bits per heavy atom. The number of likely N-dealkylation sites (tertiary alicyclic amines) is 1. The van der Waals surface area contributed by atoms with Crippen LogP contribution in [0.2, 0.25) is 0 Å². The molecule has 1 aliphatic heterocycles. The number of nitrogens with zero attached hydrogens (tertiary/aromatic N) is 1. The summed E-state index contributed by atoms with van der Waals surface area (Å²) in [6.07, 6.45) is 1.35. The van der Waals surface area contributed by atoms with Crippen molar-refractivity contribution in [3.05, 3.63) is 35.9 Å². The first-order valence-electron chi connectivity index (χ1n) is 5.07. The van der Waals surface area contributed by atoms with E-state index in [-0.39, 0.29) is 0 Å². The summed E-state index contributed by atoms with van der Waals surface area (Å²) in [4.78, 5) is 2.55. The molecule has 0 amide bonds. The first-order valence-corrected chi connectivity index (χ1v) is 5.07. The van der Waals surface area contributed by atoms with Crippen LogP contribution in [0.3, 0.4) is 0 Å². The topological polar surface area (TPSA) is 3.24 Å². The Labute approximate surface area is 80.4 Å². The van der Waals surface area contributed by atoms with E-state index >= 15 is 0 Å². The maximum atomic E-state index is 2.55. The van der Waals surface area contributed by atoms with Gasteiger partial charge in [-0.1, -0.05) is 30.3 Å². The zero-order valence-corrected chi connectivity index (χ0v) is 8.40. The molecule has 2 unspecified atom stereocenters. The van der Waals surface area contributed by atoms with Crippen molar-refractivity contribution in [3.8, 4) is 0 Å². The van der Waals surface area contributed by atoms with E-state index in [1.165, 1.54) is 12.0 Å². The zero-order chi connectivity index (χ0) is 9.26. The van der Waals surface area contributed by atoms with Gasteiger partial charge in [0.05, 0.1) is 0 Å². The molecule has 70 valence electrons. The molecule has 2 rings (SSSR count). The maximum Gasteiger partial charge on any atom is 0.0239 e. The highest BCUT2D eigenvalue weighted by Gasteiger charge is 2.30. The standard InChI is InChI=1S/C12H17N/c1-10-8-11(2)13(10)9-12-6-4-3-5-7-12/h3-7,10-11H,8-9H2,1-2H3. The minimum absolute atomic E-state index is 0.773. The van der Waals surface area contributed by atoms with Crippen molar-refractivity contribution in [2.45, 2.75) is 38.9 Å². The molecule has 1 heteroatoms. The smallest absolute Gasteiger partial charge is 0.0239 e. The zero-order valence-electron chi connectivity index (χ0n) is 8.40. The summed E-state index contributed by atoms with van der Waals surface area (Å²) in [5, 5.41) is 0. The second-order valence-corrected chi connectivity index (χ2v) is 4.09. The molecule has 1 saturated heterocycles. The van der Waals surface area contributed by atoms with Gasteiger partial charge in [0.25, 0.3) is 0 Å². The van der Waals surface area contributed by atoms with Crippen LogP contribution in [-0.2, 0) is 6.54 Å². The highest BCUT2D eigenvalue weighted by Crippen LogP contribution is 2.26. The molecule has 1 aromatic carbocycles. The van der Waals surface area contributed by atoms with Crippen molar-refractivity contribution >= 4 is 0 Å². The summed E-state index contributed by atoms with van der Waals surface area (Å²) >= 11 is 0. The fourth-order valence-electron chi connectivity index (χ4n) is 2.17. The van der Waals surface area contributed by atoms with E-state index in [1.807, 2.05) is 0 Å².